The van der Waals surface area contributed by atoms with E-state index in [1.165, 1.54) is 0 Å². The molecule has 0 bridgehead atoms. The van der Waals surface area contributed by atoms with Crippen molar-refractivity contribution in [3.05, 3.63) is 65.2 Å². The Morgan fingerprint density at radius 2 is 1.81 bits per heavy atom. The number of carbonyl (C=O) groups is 2. The van der Waals surface area contributed by atoms with Gasteiger partial charge in [0.2, 0.25) is 11.8 Å². The van der Waals surface area contributed by atoms with Crippen molar-refractivity contribution in [2.45, 2.75) is 32.7 Å². The van der Waals surface area contributed by atoms with Gasteiger partial charge in [0.25, 0.3) is 0 Å². The number of ether oxygens (including phenoxy) is 1. The number of benzene rings is 2. The van der Waals surface area contributed by atoms with Crippen molar-refractivity contribution in [2.75, 3.05) is 13.7 Å². The van der Waals surface area contributed by atoms with Crippen LogP contribution >= 0.6 is 0 Å². The van der Waals surface area contributed by atoms with Crippen LogP contribution in [0, 0.1) is 6.92 Å². The third-order valence-corrected chi connectivity index (χ3v) is 4.11. The van der Waals surface area contributed by atoms with Crippen LogP contribution in [0.2, 0.25) is 0 Å². The molecule has 0 aliphatic carbocycles. The normalized spacial score (nSPS) is 11.5. The summed E-state index contributed by atoms with van der Waals surface area (Å²) in [4.78, 5) is 24.0. The van der Waals surface area contributed by atoms with E-state index in [1.54, 1.807) is 7.11 Å². The Morgan fingerprint density at radius 1 is 1.08 bits per heavy atom. The highest BCUT2D eigenvalue weighted by atomic mass is 16.5. The van der Waals surface area contributed by atoms with E-state index in [9.17, 15) is 9.59 Å². The Bertz CT molecular complexity index is 744. The van der Waals surface area contributed by atoms with Gasteiger partial charge in [-0.3, -0.25) is 9.59 Å². The van der Waals surface area contributed by atoms with E-state index >= 15 is 0 Å². The fraction of sp³-hybridized carbons (Fsp3) is 0.333. The van der Waals surface area contributed by atoms with Crippen LogP contribution in [0.5, 0.6) is 5.75 Å². The fourth-order valence-corrected chi connectivity index (χ4v) is 2.74. The van der Waals surface area contributed by atoms with E-state index in [-0.39, 0.29) is 24.3 Å². The van der Waals surface area contributed by atoms with E-state index in [2.05, 4.69) is 10.6 Å². The molecule has 1 unspecified atom stereocenters. The van der Waals surface area contributed by atoms with Gasteiger partial charge in [0.05, 0.1) is 19.6 Å². The van der Waals surface area contributed by atoms with Crippen LogP contribution in [0.3, 0.4) is 0 Å². The zero-order valence-electron chi connectivity index (χ0n) is 15.5. The number of methoxy groups -OCH3 is 1. The Kier molecular flexibility index (Phi) is 7.21. The largest absolute Gasteiger partial charge is 0.496 e. The SMILES string of the molecule is COc1ccc(C)cc1C(C)NC(=O)CCNC(=O)Cc1ccccc1. The second-order valence-corrected chi connectivity index (χ2v) is 6.30. The molecule has 2 amide bonds. The Hall–Kier alpha value is -2.82. The van der Waals surface area contributed by atoms with Crippen molar-refractivity contribution < 1.29 is 14.3 Å². The molecule has 5 heteroatoms. The summed E-state index contributed by atoms with van der Waals surface area (Å²) in [6.45, 7) is 4.23. The summed E-state index contributed by atoms with van der Waals surface area (Å²) in [6.07, 6.45) is 0.554. The third-order valence-electron chi connectivity index (χ3n) is 4.11. The van der Waals surface area contributed by atoms with E-state index in [0.717, 1.165) is 22.4 Å². The molecule has 2 rings (SSSR count). The number of amides is 2. The second-order valence-electron chi connectivity index (χ2n) is 6.30. The molecule has 2 aromatic carbocycles. The zero-order valence-corrected chi connectivity index (χ0v) is 15.5. The van der Waals surface area contributed by atoms with Crippen molar-refractivity contribution in [1.29, 1.82) is 0 Å². The number of carbonyl (C=O) groups excluding carboxylic acids is 2. The van der Waals surface area contributed by atoms with Crippen LogP contribution in [0.1, 0.15) is 36.1 Å². The minimum atomic E-state index is -0.169. The Morgan fingerprint density at radius 3 is 2.50 bits per heavy atom. The lowest BCUT2D eigenvalue weighted by atomic mass is 10.0. The van der Waals surface area contributed by atoms with Crippen molar-refractivity contribution in [2.24, 2.45) is 0 Å². The van der Waals surface area contributed by atoms with Gasteiger partial charge in [0.15, 0.2) is 0 Å². The molecule has 138 valence electrons. The molecule has 0 fully saturated rings. The van der Waals surface area contributed by atoms with Crippen LogP contribution in [-0.4, -0.2) is 25.5 Å². The molecule has 0 heterocycles. The predicted molar refractivity (Wildman–Crippen MR) is 102 cm³/mol. The third kappa shape index (κ3) is 5.92. The van der Waals surface area contributed by atoms with E-state index in [4.69, 9.17) is 4.74 Å². The van der Waals surface area contributed by atoms with Crippen LogP contribution in [0.4, 0.5) is 0 Å². The highest BCUT2D eigenvalue weighted by Crippen LogP contribution is 2.26. The highest BCUT2D eigenvalue weighted by molar-refractivity contribution is 5.80. The lowest BCUT2D eigenvalue weighted by Gasteiger charge is -2.18. The number of hydrogen-bond donors (Lipinski definition) is 2. The van der Waals surface area contributed by atoms with E-state index in [0.29, 0.717) is 13.0 Å². The molecule has 5 nitrogen and oxygen atoms in total. The van der Waals surface area contributed by atoms with E-state index in [1.807, 2.05) is 62.4 Å². The van der Waals surface area contributed by atoms with Crippen LogP contribution in [0.15, 0.2) is 48.5 Å². The van der Waals surface area contributed by atoms with Crippen LogP contribution in [0.25, 0.3) is 0 Å². The zero-order chi connectivity index (χ0) is 18.9. The van der Waals surface area contributed by atoms with Crippen molar-refractivity contribution in [3.8, 4) is 5.75 Å². The molecule has 2 aromatic rings. The number of nitrogens with one attached hydrogen (secondary N) is 2. The van der Waals surface area contributed by atoms with Gasteiger partial charge >= 0.3 is 0 Å². The first-order valence-corrected chi connectivity index (χ1v) is 8.74. The average Bonchev–Trinajstić information content (AvgIpc) is 2.62. The lowest BCUT2D eigenvalue weighted by Crippen LogP contribution is -2.32. The minimum absolute atomic E-state index is 0.0857. The molecule has 0 aromatic heterocycles. The summed E-state index contributed by atoms with van der Waals surface area (Å²) >= 11 is 0. The predicted octanol–water partition coefficient (Wildman–Crippen LogP) is 2.93. The summed E-state index contributed by atoms with van der Waals surface area (Å²) < 4.78 is 5.36. The molecule has 1 atom stereocenters. The van der Waals surface area contributed by atoms with Crippen LogP contribution < -0.4 is 15.4 Å². The number of hydrogen-bond acceptors (Lipinski definition) is 3. The lowest BCUT2D eigenvalue weighted by molar-refractivity contribution is -0.122. The summed E-state index contributed by atoms with van der Waals surface area (Å²) in [6, 6.07) is 15.2. The fourth-order valence-electron chi connectivity index (χ4n) is 2.74. The van der Waals surface area contributed by atoms with Gasteiger partial charge in [0, 0.05) is 18.5 Å². The standard InChI is InChI=1S/C21H26N2O3/c1-15-9-10-19(26-3)18(13-15)16(2)23-20(24)11-12-22-21(25)14-17-7-5-4-6-8-17/h4-10,13,16H,11-12,14H2,1-3H3,(H,22,25)(H,23,24). The molecule has 0 saturated heterocycles. The van der Waals surface area contributed by atoms with Gasteiger partial charge in [-0.1, -0.05) is 48.0 Å². The van der Waals surface area contributed by atoms with Crippen molar-refractivity contribution in [1.82, 2.24) is 10.6 Å². The summed E-state index contributed by atoms with van der Waals surface area (Å²) in [5.41, 5.74) is 3.00. The van der Waals surface area contributed by atoms with Gasteiger partial charge in [0.1, 0.15) is 5.75 Å². The maximum atomic E-state index is 12.1. The number of rotatable bonds is 8. The maximum absolute atomic E-state index is 12.1. The first-order valence-electron chi connectivity index (χ1n) is 8.74. The Labute approximate surface area is 154 Å². The second kappa shape index (κ2) is 9.61. The number of aryl methyl sites for hydroxylation is 1. The molecule has 0 radical (unpaired) electrons. The summed E-state index contributed by atoms with van der Waals surface area (Å²) in [5, 5.41) is 5.73. The molecule has 26 heavy (non-hydrogen) atoms. The first kappa shape index (κ1) is 19.5. The van der Waals surface area contributed by atoms with Gasteiger partial charge in [-0.05, 0) is 25.5 Å². The molecule has 0 aliphatic heterocycles. The monoisotopic (exact) mass is 354 g/mol. The highest BCUT2D eigenvalue weighted by Gasteiger charge is 2.14. The molecular formula is C21H26N2O3. The summed E-state index contributed by atoms with van der Waals surface area (Å²) in [7, 11) is 1.62. The smallest absolute Gasteiger partial charge is 0.224 e. The first-order chi connectivity index (χ1) is 12.5. The van der Waals surface area contributed by atoms with Crippen molar-refractivity contribution >= 4 is 11.8 Å². The van der Waals surface area contributed by atoms with Crippen molar-refractivity contribution in [3.63, 3.8) is 0 Å². The van der Waals surface area contributed by atoms with Gasteiger partial charge in [-0.25, -0.2) is 0 Å². The molecule has 2 N–H and O–H groups in total. The quantitative estimate of drug-likeness (QED) is 0.766. The van der Waals surface area contributed by atoms with Crippen LogP contribution in [-0.2, 0) is 16.0 Å². The molecule has 0 spiro atoms. The summed E-state index contributed by atoms with van der Waals surface area (Å²) in [5.74, 6) is 0.554. The van der Waals surface area contributed by atoms with Gasteiger partial charge < -0.3 is 15.4 Å². The van der Waals surface area contributed by atoms with Gasteiger partial charge in [-0.15, -0.1) is 0 Å². The van der Waals surface area contributed by atoms with Gasteiger partial charge in [-0.2, -0.15) is 0 Å². The molecule has 0 aliphatic rings. The average molecular weight is 354 g/mol. The van der Waals surface area contributed by atoms with E-state index < -0.39 is 0 Å². The Balaban J connectivity index is 1.78. The molecular weight excluding hydrogens is 328 g/mol. The maximum Gasteiger partial charge on any atom is 0.224 e. The topological polar surface area (TPSA) is 67.4 Å². The molecule has 0 saturated carbocycles. The minimum Gasteiger partial charge on any atom is -0.496 e.